The zero-order valence-electron chi connectivity index (χ0n) is 48.3. The molecule has 3 unspecified atom stereocenters. The van der Waals surface area contributed by atoms with E-state index in [1.807, 2.05) is 92.8 Å². The van der Waals surface area contributed by atoms with Crippen LogP contribution in [0.25, 0.3) is 65.2 Å². The molecule has 0 aliphatic rings. The second-order valence-electron chi connectivity index (χ2n) is 22.6. The number of rotatable bonds is 24. The Morgan fingerprint density at radius 2 is 1.20 bits per heavy atom. The quantitative estimate of drug-likeness (QED) is 0.0256. The summed E-state index contributed by atoms with van der Waals surface area (Å²) in [6.45, 7) is 21.2. The fourth-order valence-corrected chi connectivity index (χ4v) is 12.3. The second kappa shape index (κ2) is 22.4. The van der Waals surface area contributed by atoms with Crippen molar-refractivity contribution >= 4 is 82.6 Å². The molecule has 0 bridgehead atoms. The van der Waals surface area contributed by atoms with Gasteiger partial charge in [-0.1, -0.05) is 24.3 Å². The Kier molecular flexibility index (Phi) is 15.5. The van der Waals surface area contributed by atoms with Gasteiger partial charge in [0.15, 0.2) is 49.4 Å². The minimum absolute atomic E-state index is 0.0194. The molecule has 422 valence electrons. The number of Topliss-reactive ketones (excluding diaryl/α,β-unsaturated/α-hetero) is 2. The lowest BCUT2D eigenvalue weighted by molar-refractivity contribution is -0.687. The number of fused-ring (bicyclic) bond motifs is 8. The van der Waals surface area contributed by atoms with Crippen molar-refractivity contribution in [1.82, 2.24) is 55.1 Å². The van der Waals surface area contributed by atoms with Crippen molar-refractivity contribution in [3.63, 3.8) is 0 Å². The third kappa shape index (κ3) is 10.6. The highest BCUT2D eigenvalue weighted by atomic mass is 16.3. The maximum Gasteiger partial charge on any atom is 0.231 e. The van der Waals surface area contributed by atoms with Gasteiger partial charge in [0.2, 0.25) is 5.91 Å². The zero-order valence-corrected chi connectivity index (χ0v) is 48.3. The summed E-state index contributed by atoms with van der Waals surface area (Å²) in [7, 11) is 1.84. The van der Waals surface area contributed by atoms with Gasteiger partial charge >= 0.3 is 0 Å². The molecule has 10 rings (SSSR count). The molecule has 0 aliphatic heterocycles. The van der Waals surface area contributed by atoms with E-state index in [-0.39, 0.29) is 36.2 Å². The Bertz CT molecular complexity index is 4060. The third-order valence-electron chi connectivity index (χ3n) is 17.7. The maximum absolute atomic E-state index is 14.8. The number of amides is 1. The number of pyridine rings is 2. The summed E-state index contributed by atoms with van der Waals surface area (Å²) in [5.41, 5.74) is 14.1. The average Bonchev–Trinajstić information content (AvgIpc) is 3.31. The number of primary amides is 1. The molecule has 19 nitrogen and oxygen atoms in total. The van der Waals surface area contributed by atoms with E-state index >= 15 is 0 Å². The summed E-state index contributed by atoms with van der Waals surface area (Å²) in [5, 5.41) is 50.5. The van der Waals surface area contributed by atoms with Crippen LogP contribution >= 0.6 is 0 Å². The third-order valence-corrected chi connectivity index (χ3v) is 17.7. The predicted octanol–water partition coefficient (Wildman–Crippen LogP) is 7.41. The van der Waals surface area contributed by atoms with Gasteiger partial charge in [-0.3, -0.25) is 33.5 Å². The molecule has 0 saturated heterocycles. The van der Waals surface area contributed by atoms with Crippen LogP contribution in [0, 0.1) is 27.7 Å². The molecule has 1 amide bonds. The van der Waals surface area contributed by atoms with E-state index in [1.54, 1.807) is 16.8 Å². The number of carbonyl (C=O) groups is 3. The molecule has 10 aromatic rings. The van der Waals surface area contributed by atoms with Crippen molar-refractivity contribution in [3.8, 4) is 11.5 Å². The Morgan fingerprint density at radius 3 is 1.68 bits per heavy atom. The molecule has 19 heteroatoms. The molecular formula is C62H76N14O5+2. The van der Waals surface area contributed by atoms with Crippen LogP contribution in [-0.4, -0.2) is 128 Å². The summed E-state index contributed by atoms with van der Waals surface area (Å²) >= 11 is 0. The number of H-pyrrole nitrogens is 2. The summed E-state index contributed by atoms with van der Waals surface area (Å²) < 4.78 is 7.84. The van der Waals surface area contributed by atoms with Gasteiger partial charge in [-0.25, -0.2) is 0 Å². The number of aromatic amines is 2. The first-order valence-electron chi connectivity index (χ1n) is 28.2. The van der Waals surface area contributed by atoms with Crippen molar-refractivity contribution < 1.29 is 33.7 Å². The standard InChI is InChI=1S/C62H74N14O5/c1-11-61(8,54(79)29-64-21-13-23-75-32-42(67-69-75)30-72-25-19-46-39(5)58-56(37(3)50(46)34-72)48-27-44(77)15-17-52(48)65-58)71(10)41(7)60(81)62(9,12-2)74(36-55(63)80)22-14-24-76-33-43(68-70-76)31-73-26-20-47-40(6)59-57(38(4)51(47)35-73)49-28-45(78)16-18-53(49)66-59/h15-20,25-28,32-35,41,64H,11-14,21-24,29-31,36H2,1-10H3,(H4,63,77,78,80)/p+2. The van der Waals surface area contributed by atoms with Gasteiger partial charge in [0.1, 0.15) is 22.9 Å². The van der Waals surface area contributed by atoms with Gasteiger partial charge in [0.25, 0.3) is 0 Å². The van der Waals surface area contributed by atoms with Gasteiger partial charge in [-0.05, 0) is 157 Å². The lowest BCUT2D eigenvalue weighted by Crippen LogP contribution is -2.64. The highest BCUT2D eigenvalue weighted by Gasteiger charge is 2.46. The number of phenols is 2. The minimum atomic E-state index is -1.06. The summed E-state index contributed by atoms with van der Waals surface area (Å²) in [4.78, 5) is 52.4. The number of likely N-dealkylation sites (N-methyl/N-ethyl adjacent to an activating group) is 1. The van der Waals surface area contributed by atoms with Crippen molar-refractivity contribution in [2.75, 3.05) is 33.2 Å². The number of nitrogens with two attached hydrogens (primary N) is 1. The van der Waals surface area contributed by atoms with Gasteiger partial charge in [0.05, 0.1) is 53.6 Å². The largest absolute Gasteiger partial charge is 0.508 e. The number of nitrogens with one attached hydrogen (secondary N) is 3. The Morgan fingerprint density at radius 1 is 0.704 bits per heavy atom. The normalized spacial score (nSPS) is 14.1. The van der Waals surface area contributed by atoms with Crippen LogP contribution < -0.4 is 20.2 Å². The number of hydrogen-bond acceptors (Lipinski definition) is 12. The van der Waals surface area contributed by atoms with Crippen molar-refractivity contribution in [3.05, 3.63) is 119 Å². The van der Waals surface area contributed by atoms with Crippen LogP contribution in [0.2, 0.25) is 0 Å². The lowest BCUT2D eigenvalue weighted by Gasteiger charge is -2.45. The summed E-state index contributed by atoms with van der Waals surface area (Å²) in [6.07, 6.45) is 14.5. The highest BCUT2D eigenvalue weighted by Crippen LogP contribution is 2.39. The monoisotopic (exact) mass is 1100 g/mol. The topological polar surface area (TPSA) is 237 Å². The van der Waals surface area contributed by atoms with E-state index in [0.717, 1.165) is 99.8 Å². The highest BCUT2D eigenvalue weighted by molar-refractivity contribution is 6.17. The molecular weight excluding hydrogens is 1020 g/mol. The number of phenolic OH excluding ortho intramolecular Hbond substituents is 2. The van der Waals surface area contributed by atoms with Gasteiger partial charge in [0, 0.05) is 75.1 Å². The van der Waals surface area contributed by atoms with Gasteiger partial charge in [-0.15, -0.1) is 10.2 Å². The number of carbonyl (C=O) groups excluding carboxylic acids is 3. The van der Waals surface area contributed by atoms with Crippen molar-refractivity contribution in [1.29, 1.82) is 0 Å². The van der Waals surface area contributed by atoms with Crippen molar-refractivity contribution in [2.45, 2.75) is 131 Å². The first kappa shape index (κ1) is 56.2. The lowest BCUT2D eigenvalue weighted by atomic mass is 9.83. The smallest absolute Gasteiger partial charge is 0.231 e. The first-order chi connectivity index (χ1) is 38.7. The molecule has 0 aliphatic carbocycles. The number of aryl methyl sites for hydroxylation is 6. The van der Waals surface area contributed by atoms with Gasteiger partial charge < -0.3 is 31.2 Å². The zero-order chi connectivity index (χ0) is 57.7. The Labute approximate surface area is 470 Å². The molecule has 81 heavy (non-hydrogen) atoms. The van der Waals surface area contributed by atoms with Crippen molar-refractivity contribution in [2.24, 2.45) is 5.73 Å². The minimum Gasteiger partial charge on any atom is -0.508 e. The van der Waals surface area contributed by atoms with E-state index in [2.05, 4.69) is 110 Å². The van der Waals surface area contributed by atoms with E-state index in [1.165, 1.54) is 5.39 Å². The van der Waals surface area contributed by atoms with Gasteiger partial charge in [-0.2, -0.15) is 9.13 Å². The summed E-state index contributed by atoms with van der Waals surface area (Å²) in [6, 6.07) is 14.5. The maximum atomic E-state index is 14.8. The molecule has 7 N–H and O–H groups in total. The molecule has 4 aromatic carbocycles. The average molecular weight is 1100 g/mol. The van der Waals surface area contributed by atoms with E-state index < -0.39 is 23.0 Å². The molecule has 6 heterocycles. The molecule has 0 saturated carbocycles. The SMILES string of the molecule is CCC(C)(C(=O)C(C)N(C)C(C)(CC)C(=O)CNCCCn1cc(C[n+]2ccc3c(C)c4[nH]c5ccc(O)cc5c4c(C)c3c2)nn1)N(CCCn1cc(C[n+]2ccc3c(C)c4[nH]c5ccc(O)cc5c4c(C)c3c2)nn1)CC(N)=O. The molecule has 3 atom stereocenters. The Hall–Kier alpha value is -8.13. The molecule has 0 radical (unpaired) electrons. The van der Waals surface area contributed by atoms with Crippen LogP contribution in [0.4, 0.5) is 0 Å². The van der Waals surface area contributed by atoms with Crippen LogP contribution in [-0.2, 0) is 40.6 Å². The van der Waals surface area contributed by atoms with Crippen LogP contribution in [0.5, 0.6) is 11.5 Å². The molecule has 0 fully saturated rings. The number of aromatic hydroxyl groups is 2. The van der Waals surface area contributed by atoms with Crippen LogP contribution in [0.3, 0.4) is 0 Å². The number of aromatic nitrogens is 10. The fraction of sp³-hybridized carbons (Fsp3) is 0.403. The van der Waals surface area contributed by atoms with E-state index in [9.17, 15) is 24.6 Å². The fourth-order valence-electron chi connectivity index (χ4n) is 12.3. The van der Waals surface area contributed by atoms with E-state index in [4.69, 9.17) is 5.73 Å². The van der Waals surface area contributed by atoms with Crippen LogP contribution in [0.1, 0.15) is 93.9 Å². The van der Waals surface area contributed by atoms with E-state index in [0.29, 0.717) is 58.5 Å². The number of nitrogens with zero attached hydrogens (tertiary/aromatic N) is 10. The second-order valence-corrected chi connectivity index (χ2v) is 22.6. The molecule has 0 spiro atoms. The predicted molar refractivity (Wildman–Crippen MR) is 315 cm³/mol. The summed E-state index contributed by atoms with van der Waals surface area (Å²) in [5.74, 6) is -0.172. The van der Waals surface area contributed by atoms with Crippen LogP contribution in [0.15, 0.2) is 85.7 Å². The number of ketones is 2. The number of hydrogen-bond donors (Lipinski definition) is 6. The number of benzene rings is 4. The first-order valence-corrected chi connectivity index (χ1v) is 28.2. The Balaban J connectivity index is 0.717. The molecule has 6 aromatic heterocycles.